The highest BCUT2D eigenvalue weighted by Gasteiger charge is 2.14. The molecule has 0 rings (SSSR count). The van der Waals surface area contributed by atoms with E-state index in [0.29, 0.717) is 6.42 Å². The van der Waals surface area contributed by atoms with E-state index in [1.165, 1.54) is 57.8 Å². The molecule has 1 N–H and O–H groups in total. The first kappa shape index (κ1) is 34.4. The van der Waals surface area contributed by atoms with E-state index < -0.39 is 5.97 Å². The molecule has 0 aliphatic carbocycles. The van der Waals surface area contributed by atoms with Gasteiger partial charge in [-0.15, -0.1) is 0 Å². The van der Waals surface area contributed by atoms with Crippen molar-refractivity contribution in [1.29, 1.82) is 0 Å². The number of carboxylic acid groups (broad SMARTS) is 1. The number of carbonyl (C=O) groups is 2. The van der Waals surface area contributed by atoms with Gasteiger partial charge in [0.2, 0.25) is 0 Å². The number of hydrogen-bond acceptors (Lipinski definition) is 3. The molecule has 0 aliphatic rings. The molecule has 0 spiro atoms. The SMILES string of the molecule is CCCCC/C=C\C/C=C\CCCC(CCCCCCCC(=O)O)OC(=O)CCCCCCCCC. The van der Waals surface area contributed by atoms with Gasteiger partial charge in [0.15, 0.2) is 0 Å². The van der Waals surface area contributed by atoms with Crippen molar-refractivity contribution in [2.24, 2.45) is 0 Å². The summed E-state index contributed by atoms with van der Waals surface area (Å²) in [6, 6.07) is 0. The average Bonchev–Trinajstić information content (AvgIpc) is 2.85. The predicted octanol–water partition coefficient (Wildman–Crippen LogP) is 10.1. The van der Waals surface area contributed by atoms with Gasteiger partial charge in [0.25, 0.3) is 0 Å². The van der Waals surface area contributed by atoms with Crippen molar-refractivity contribution in [2.45, 2.75) is 168 Å². The van der Waals surface area contributed by atoms with Crippen molar-refractivity contribution in [3.8, 4) is 0 Å². The molecule has 0 aromatic rings. The topological polar surface area (TPSA) is 63.6 Å². The number of rotatable bonds is 27. The summed E-state index contributed by atoms with van der Waals surface area (Å²) < 4.78 is 5.89. The van der Waals surface area contributed by atoms with Crippen LogP contribution in [0.1, 0.15) is 162 Å². The van der Waals surface area contributed by atoms with Gasteiger partial charge < -0.3 is 9.84 Å². The van der Waals surface area contributed by atoms with Crippen molar-refractivity contribution in [1.82, 2.24) is 0 Å². The molecular formula is C32H58O4. The van der Waals surface area contributed by atoms with Gasteiger partial charge in [-0.05, 0) is 64.2 Å². The molecule has 0 amide bonds. The maximum atomic E-state index is 12.4. The predicted molar refractivity (Wildman–Crippen MR) is 153 cm³/mol. The summed E-state index contributed by atoms with van der Waals surface area (Å²) in [6.07, 6.45) is 33.2. The Balaban J connectivity index is 4.19. The van der Waals surface area contributed by atoms with Crippen LogP contribution < -0.4 is 0 Å². The van der Waals surface area contributed by atoms with Gasteiger partial charge in [-0.25, -0.2) is 0 Å². The Hall–Kier alpha value is -1.58. The third-order valence-corrected chi connectivity index (χ3v) is 6.68. The van der Waals surface area contributed by atoms with E-state index in [4.69, 9.17) is 9.84 Å². The fourth-order valence-corrected chi connectivity index (χ4v) is 4.39. The van der Waals surface area contributed by atoms with Gasteiger partial charge in [-0.3, -0.25) is 9.59 Å². The monoisotopic (exact) mass is 506 g/mol. The smallest absolute Gasteiger partial charge is 0.306 e. The number of carboxylic acids is 1. The van der Waals surface area contributed by atoms with E-state index >= 15 is 0 Å². The van der Waals surface area contributed by atoms with Crippen LogP contribution in [0.15, 0.2) is 24.3 Å². The molecule has 0 fully saturated rings. The van der Waals surface area contributed by atoms with E-state index in [-0.39, 0.29) is 18.5 Å². The molecule has 0 aromatic carbocycles. The fourth-order valence-electron chi connectivity index (χ4n) is 4.39. The number of aliphatic carboxylic acids is 1. The van der Waals surface area contributed by atoms with Crippen LogP contribution in [-0.2, 0) is 14.3 Å². The van der Waals surface area contributed by atoms with Gasteiger partial charge in [0.05, 0.1) is 0 Å². The van der Waals surface area contributed by atoms with Crippen molar-refractivity contribution in [2.75, 3.05) is 0 Å². The third kappa shape index (κ3) is 27.0. The number of unbranched alkanes of at least 4 members (excludes halogenated alkanes) is 14. The Labute approximate surface area is 223 Å². The second-order valence-electron chi connectivity index (χ2n) is 10.3. The number of allylic oxidation sites excluding steroid dienone is 4. The zero-order valence-electron chi connectivity index (χ0n) is 23.8. The average molecular weight is 507 g/mol. The zero-order chi connectivity index (χ0) is 26.5. The standard InChI is InChI=1S/C32H58O4/c1-3-5-7-9-11-12-13-14-16-18-22-26-30(27-23-19-17-20-24-28-31(33)34)36-32(35)29-25-21-15-10-8-6-4-2/h11-12,14,16,30H,3-10,13,15,17-29H2,1-2H3,(H,33,34)/b12-11-,16-14-. The zero-order valence-corrected chi connectivity index (χ0v) is 23.8. The van der Waals surface area contributed by atoms with Crippen LogP contribution in [0.4, 0.5) is 0 Å². The summed E-state index contributed by atoms with van der Waals surface area (Å²) in [5, 5.41) is 8.74. The Kier molecular flexibility index (Phi) is 26.8. The highest BCUT2D eigenvalue weighted by Crippen LogP contribution is 2.17. The molecule has 0 bridgehead atoms. The van der Waals surface area contributed by atoms with Gasteiger partial charge in [-0.2, -0.15) is 0 Å². The second-order valence-corrected chi connectivity index (χ2v) is 10.3. The minimum atomic E-state index is -0.708. The van der Waals surface area contributed by atoms with E-state index in [1.807, 2.05) is 0 Å². The normalized spacial score (nSPS) is 12.5. The summed E-state index contributed by atoms with van der Waals surface area (Å²) >= 11 is 0. The van der Waals surface area contributed by atoms with Gasteiger partial charge >= 0.3 is 11.9 Å². The summed E-state index contributed by atoms with van der Waals surface area (Å²) in [4.78, 5) is 23.1. The number of ether oxygens (including phenoxy) is 1. The molecule has 4 heteroatoms. The van der Waals surface area contributed by atoms with Gasteiger partial charge in [0.1, 0.15) is 6.10 Å². The Morgan fingerprint density at radius 2 is 1.11 bits per heavy atom. The first-order valence-corrected chi connectivity index (χ1v) is 15.3. The molecule has 4 nitrogen and oxygen atoms in total. The highest BCUT2D eigenvalue weighted by molar-refractivity contribution is 5.69. The first-order valence-electron chi connectivity index (χ1n) is 15.3. The van der Waals surface area contributed by atoms with Crippen LogP contribution in [0.2, 0.25) is 0 Å². The van der Waals surface area contributed by atoms with Crippen molar-refractivity contribution < 1.29 is 19.4 Å². The molecule has 210 valence electrons. The Bertz CT molecular complexity index is 552. The van der Waals surface area contributed by atoms with Crippen LogP contribution in [-0.4, -0.2) is 23.1 Å². The number of carbonyl (C=O) groups excluding carboxylic acids is 1. The maximum absolute atomic E-state index is 12.4. The molecule has 0 aromatic heterocycles. The molecule has 0 saturated heterocycles. The maximum Gasteiger partial charge on any atom is 0.306 e. The fraction of sp³-hybridized carbons (Fsp3) is 0.812. The van der Waals surface area contributed by atoms with Crippen molar-refractivity contribution in [3.05, 3.63) is 24.3 Å². The first-order chi connectivity index (χ1) is 17.6. The third-order valence-electron chi connectivity index (χ3n) is 6.68. The van der Waals surface area contributed by atoms with Gasteiger partial charge in [-0.1, -0.05) is 109 Å². The summed E-state index contributed by atoms with van der Waals surface area (Å²) in [7, 11) is 0. The summed E-state index contributed by atoms with van der Waals surface area (Å²) in [5.41, 5.74) is 0. The molecule has 36 heavy (non-hydrogen) atoms. The highest BCUT2D eigenvalue weighted by atomic mass is 16.5. The molecular weight excluding hydrogens is 448 g/mol. The van der Waals surface area contributed by atoms with Crippen LogP contribution >= 0.6 is 0 Å². The van der Waals surface area contributed by atoms with E-state index in [0.717, 1.165) is 77.0 Å². The summed E-state index contributed by atoms with van der Waals surface area (Å²) in [5.74, 6) is -0.737. The molecule has 0 radical (unpaired) electrons. The van der Waals surface area contributed by atoms with E-state index in [1.54, 1.807) is 0 Å². The van der Waals surface area contributed by atoms with Crippen LogP contribution in [0.25, 0.3) is 0 Å². The largest absolute Gasteiger partial charge is 0.481 e. The molecule has 0 aliphatic heterocycles. The van der Waals surface area contributed by atoms with Crippen molar-refractivity contribution >= 4 is 11.9 Å². The molecule has 0 heterocycles. The lowest BCUT2D eigenvalue weighted by atomic mass is 10.0. The summed E-state index contributed by atoms with van der Waals surface area (Å²) in [6.45, 7) is 4.47. The van der Waals surface area contributed by atoms with Crippen LogP contribution in [0.5, 0.6) is 0 Å². The quantitative estimate of drug-likeness (QED) is 0.0683. The second kappa shape index (κ2) is 28.0. The minimum Gasteiger partial charge on any atom is -0.481 e. The number of hydrogen-bond donors (Lipinski definition) is 1. The lowest BCUT2D eigenvalue weighted by Crippen LogP contribution is -2.18. The lowest BCUT2D eigenvalue weighted by Gasteiger charge is -2.18. The van der Waals surface area contributed by atoms with E-state index in [2.05, 4.69) is 38.2 Å². The molecule has 1 unspecified atom stereocenters. The van der Waals surface area contributed by atoms with Gasteiger partial charge in [0, 0.05) is 12.8 Å². The molecule has 1 atom stereocenters. The number of esters is 1. The van der Waals surface area contributed by atoms with Crippen LogP contribution in [0, 0.1) is 0 Å². The molecule has 0 saturated carbocycles. The Morgan fingerprint density at radius 1 is 0.611 bits per heavy atom. The minimum absolute atomic E-state index is 0.0212. The Morgan fingerprint density at radius 3 is 1.75 bits per heavy atom. The van der Waals surface area contributed by atoms with Crippen molar-refractivity contribution in [3.63, 3.8) is 0 Å². The van der Waals surface area contributed by atoms with Crippen LogP contribution in [0.3, 0.4) is 0 Å². The van der Waals surface area contributed by atoms with E-state index in [9.17, 15) is 9.59 Å². The lowest BCUT2D eigenvalue weighted by molar-refractivity contribution is -0.150.